The Morgan fingerprint density at radius 3 is 2.29 bits per heavy atom. The Morgan fingerprint density at radius 2 is 1.71 bits per heavy atom. The fourth-order valence-corrected chi connectivity index (χ4v) is 2.62. The molecular formula is C14H13ClOS. The third-order valence-electron chi connectivity index (χ3n) is 2.45. The molecule has 0 aliphatic carbocycles. The number of aryl methyl sites for hydroxylation is 1. The van der Waals surface area contributed by atoms with Crippen LogP contribution in [-0.2, 0) is 6.61 Å². The van der Waals surface area contributed by atoms with Crippen LogP contribution < -0.4 is 0 Å². The number of hydrogen-bond acceptors (Lipinski definition) is 2. The summed E-state index contributed by atoms with van der Waals surface area (Å²) in [5.74, 6) is 0. The van der Waals surface area contributed by atoms with Crippen molar-refractivity contribution in [1.29, 1.82) is 0 Å². The SMILES string of the molecule is Cc1ccc(Sc2ccc(CO)c(Cl)c2)cc1. The van der Waals surface area contributed by atoms with Crippen LogP contribution in [0, 0.1) is 6.92 Å². The molecule has 0 atom stereocenters. The standard InChI is InChI=1S/C14H13ClOS/c1-10-2-5-12(6-3-10)17-13-7-4-11(9-16)14(15)8-13/h2-8,16H,9H2,1H3. The topological polar surface area (TPSA) is 20.2 Å². The predicted octanol–water partition coefficient (Wildman–Crippen LogP) is 4.29. The molecule has 1 nitrogen and oxygen atoms in total. The normalized spacial score (nSPS) is 10.5. The number of aliphatic hydroxyl groups is 1. The molecule has 2 aromatic rings. The summed E-state index contributed by atoms with van der Waals surface area (Å²) in [6.45, 7) is 2.05. The summed E-state index contributed by atoms with van der Waals surface area (Å²) in [5, 5.41) is 9.65. The van der Waals surface area contributed by atoms with Gasteiger partial charge in [-0.25, -0.2) is 0 Å². The van der Waals surface area contributed by atoms with Gasteiger partial charge in [0.25, 0.3) is 0 Å². The van der Waals surface area contributed by atoms with E-state index >= 15 is 0 Å². The minimum atomic E-state index is -0.0195. The van der Waals surface area contributed by atoms with Gasteiger partial charge < -0.3 is 5.11 Å². The number of halogens is 1. The maximum Gasteiger partial charge on any atom is 0.0696 e. The third kappa shape index (κ3) is 3.25. The molecule has 0 aliphatic heterocycles. The Kier molecular flexibility index (Phi) is 4.11. The van der Waals surface area contributed by atoms with Crippen molar-refractivity contribution in [2.75, 3.05) is 0 Å². The Bertz CT molecular complexity index is 508. The van der Waals surface area contributed by atoms with Gasteiger partial charge in [-0.1, -0.05) is 47.1 Å². The highest BCUT2D eigenvalue weighted by Gasteiger charge is 2.02. The minimum absolute atomic E-state index is 0.0195. The van der Waals surface area contributed by atoms with Crippen LogP contribution in [0.15, 0.2) is 52.3 Å². The quantitative estimate of drug-likeness (QED) is 0.892. The first-order valence-corrected chi connectivity index (χ1v) is 6.52. The lowest BCUT2D eigenvalue weighted by Gasteiger charge is -2.05. The molecule has 0 amide bonds. The minimum Gasteiger partial charge on any atom is -0.392 e. The second-order valence-corrected chi connectivity index (χ2v) is 5.38. The van der Waals surface area contributed by atoms with Gasteiger partial charge in [0, 0.05) is 14.8 Å². The van der Waals surface area contributed by atoms with Crippen LogP contribution in [0.4, 0.5) is 0 Å². The van der Waals surface area contributed by atoms with Gasteiger partial charge in [0.1, 0.15) is 0 Å². The summed E-state index contributed by atoms with van der Waals surface area (Å²) in [6, 6.07) is 14.1. The molecule has 0 unspecified atom stereocenters. The van der Waals surface area contributed by atoms with Crippen LogP contribution in [0.3, 0.4) is 0 Å². The lowest BCUT2D eigenvalue weighted by Crippen LogP contribution is -1.84. The average Bonchev–Trinajstić information content (AvgIpc) is 2.32. The maximum atomic E-state index is 9.04. The molecule has 0 spiro atoms. The van der Waals surface area contributed by atoms with Crippen molar-refractivity contribution in [2.45, 2.75) is 23.3 Å². The van der Waals surface area contributed by atoms with Crippen LogP contribution in [0.1, 0.15) is 11.1 Å². The Hall–Kier alpha value is -0.960. The van der Waals surface area contributed by atoms with Gasteiger partial charge in [-0.3, -0.25) is 0 Å². The van der Waals surface area contributed by atoms with E-state index in [2.05, 4.69) is 31.2 Å². The highest BCUT2D eigenvalue weighted by atomic mass is 35.5. The molecule has 17 heavy (non-hydrogen) atoms. The molecule has 2 rings (SSSR count). The first-order valence-electron chi connectivity index (χ1n) is 5.33. The molecule has 0 saturated heterocycles. The molecule has 0 aliphatic rings. The number of aliphatic hydroxyl groups excluding tert-OH is 1. The van der Waals surface area contributed by atoms with Crippen molar-refractivity contribution < 1.29 is 5.11 Å². The lowest BCUT2D eigenvalue weighted by molar-refractivity contribution is 0.282. The summed E-state index contributed by atoms with van der Waals surface area (Å²) < 4.78 is 0. The molecule has 88 valence electrons. The fraction of sp³-hybridized carbons (Fsp3) is 0.143. The van der Waals surface area contributed by atoms with E-state index in [0.29, 0.717) is 5.02 Å². The van der Waals surface area contributed by atoms with Crippen LogP contribution in [-0.4, -0.2) is 5.11 Å². The van der Waals surface area contributed by atoms with Crippen molar-refractivity contribution in [3.63, 3.8) is 0 Å². The Morgan fingerprint density at radius 1 is 1.06 bits per heavy atom. The van der Waals surface area contributed by atoms with Gasteiger partial charge in [-0.15, -0.1) is 0 Å². The highest BCUT2D eigenvalue weighted by Crippen LogP contribution is 2.30. The second kappa shape index (κ2) is 5.58. The van der Waals surface area contributed by atoms with Gasteiger partial charge in [0.05, 0.1) is 6.61 Å². The van der Waals surface area contributed by atoms with Crippen LogP contribution in [0.2, 0.25) is 5.02 Å². The summed E-state index contributed by atoms with van der Waals surface area (Å²) in [7, 11) is 0. The largest absolute Gasteiger partial charge is 0.392 e. The predicted molar refractivity (Wildman–Crippen MR) is 72.7 cm³/mol. The van der Waals surface area contributed by atoms with Gasteiger partial charge in [-0.2, -0.15) is 0 Å². The number of hydrogen-bond donors (Lipinski definition) is 1. The molecule has 1 N–H and O–H groups in total. The first kappa shape index (κ1) is 12.5. The molecule has 0 radical (unpaired) electrons. The van der Waals surface area contributed by atoms with Gasteiger partial charge in [-0.05, 0) is 36.8 Å². The molecular weight excluding hydrogens is 252 g/mol. The number of benzene rings is 2. The molecule has 0 fully saturated rings. The summed E-state index contributed by atoms with van der Waals surface area (Å²) in [4.78, 5) is 2.26. The average molecular weight is 265 g/mol. The van der Waals surface area contributed by atoms with E-state index in [4.69, 9.17) is 16.7 Å². The lowest BCUT2D eigenvalue weighted by atomic mass is 10.2. The van der Waals surface area contributed by atoms with Gasteiger partial charge in [0.15, 0.2) is 0 Å². The monoisotopic (exact) mass is 264 g/mol. The third-order valence-corrected chi connectivity index (χ3v) is 3.80. The highest BCUT2D eigenvalue weighted by molar-refractivity contribution is 7.99. The Labute approximate surface area is 110 Å². The smallest absolute Gasteiger partial charge is 0.0696 e. The Balaban J connectivity index is 2.19. The van der Waals surface area contributed by atoms with Crippen molar-refractivity contribution in [1.82, 2.24) is 0 Å². The number of rotatable bonds is 3. The second-order valence-electron chi connectivity index (χ2n) is 3.83. The van der Waals surface area contributed by atoms with E-state index in [1.807, 2.05) is 18.2 Å². The van der Waals surface area contributed by atoms with Gasteiger partial charge in [0.2, 0.25) is 0 Å². The molecule has 0 heterocycles. The van der Waals surface area contributed by atoms with E-state index in [1.54, 1.807) is 11.8 Å². The summed E-state index contributed by atoms with van der Waals surface area (Å²) >= 11 is 7.71. The van der Waals surface area contributed by atoms with Crippen LogP contribution in [0.5, 0.6) is 0 Å². The zero-order valence-electron chi connectivity index (χ0n) is 9.48. The molecule has 3 heteroatoms. The van der Waals surface area contributed by atoms with Crippen molar-refractivity contribution >= 4 is 23.4 Å². The van der Waals surface area contributed by atoms with Crippen molar-refractivity contribution in [3.8, 4) is 0 Å². The zero-order chi connectivity index (χ0) is 12.3. The van der Waals surface area contributed by atoms with E-state index in [1.165, 1.54) is 10.5 Å². The maximum absolute atomic E-state index is 9.04. The van der Waals surface area contributed by atoms with E-state index < -0.39 is 0 Å². The van der Waals surface area contributed by atoms with Crippen molar-refractivity contribution in [3.05, 3.63) is 58.6 Å². The zero-order valence-corrected chi connectivity index (χ0v) is 11.1. The van der Waals surface area contributed by atoms with Crippen LogP contribution >= 0.6 is 23.4 Å². The van der Waals surface area contributed by atoms with Gasteiger partial charge >= 0.3 is 0 Å². The molecule has 2 aromatic carbocycles. The van der Waals surface area contributed by atoms with E-state index in [-0.39, 0.29) is 6.61 Å². The molecule has 0 bridgehead atoms. The molecule has 0 aromatic heterocycles. The summed E-state index contributed by atoms with van der Waals surface area (Å²) in [5.41, 5.74) is 2.02. The van der Waals surface area contributed by atoms with Crippen molar-refractivity contribution in [2.24, 2.45) is 0 Å². The fourth-order valence-electron chi connectivity index (χ4n) is 1.46. The van der Waals surface area contributed by atoms with E-state index in [0.717, 1.165) is 10.5 Å². The first-order chi connectivity index (χ1) is 8.19. The van der Waals surface area contributed by atoms with Crippen LogP contribution in [0.25, 0.3) is 0 Å². The molecule has 0 saturated carbocycles. The van der Waals surface area contributed by atoms with E-state index in [9.17, 15) is 0 Å². The summed E-state index contributed by atoms with van der Waals surface area (Å²) in [6.07, 6.45) is 0.